The van der Waals surface area contributed by atoms with Gasteiger partial charge in [0.15, 0.2) is 0 Å². The maximum Gasteiger partial charge on any atom is 0.119 e. The van der Waals surface area contributed by atoms with Crippen LogP contribution in [0.1, 0.15) is 57.9 Å². The van der Waals surface area contributed by atoms with Crippen LogP contribution in [-0.4, -0.2) is 150 Å². The normalized spacial score (nSPS) is 12.8. The maximum atomic E-state index is 8.59. The van der Waals surface area contributed by atoms with Crippen LogP contribution in [0.2, 0.25) is 0 Å². The SMILES string of the molecule is CCC(C)CCC(CC)c1ccc(OCCOCCOCCOCCOCCOCCOCCOCCOCCOCCOCCO)cc1. The molecule has 2 atom stereocenters. The van der Waals surface area contributed by atoms with Crippen LogP contribution in [0.4, 0.5) is 0 Å². The van der Waals surface area contributed by atoms with Gasteiger partial charge in [-0.05, 0) is 42.4 Å². The van der Waals surface area contributed by atoms with E-state index in [9.17, 15) is 0 Å². The highest BCUT2D eigenvalue weighted by Crippen LogP contribution is 2.28. The Labute approximate surface area is 296 Å². The Bertz CT molecular complexity index is 785. The van der Waals surface area contributed by atoms with E-state index in [1.165, 1.54) is 31.2 Å². The molecule has 0 amide bonds. The molecule has 0 aliphatic rings. The molecule has 1 N–H and O–H groups in total. The highest BCUT2D eigenvalue weighted by atomic mass is 16.6. The van der Waals surface area contributed by atoms with Gasteiger partial charge in [-0.2, -0.15) is 0 Å². The summed E-state index contributed by atoms with van der Waals surface area (Å²) in [6.45, 7) is 17.4. The number of hydrogen-bond donors (Lipinski definition) is 1. The summed E-state index contributed by atoms with van der Waals surface area (Å²) in [5, 5.41) is 8.59. The summed E-state index contributed by atoms with van der Waals surface area (Å²) in [7, 11) is 0. The first kappa shape index (κ1) is 45.6. The van der Waals surface area contributed by atoms with Crippen molar-refractivity contribution in [2.75, 3.05) is 145 Å². The minimum absolute atomic E-state index is 0.0263. The van der Waals surface area contributed by atoms with E-state index in [1.54, 1.807) is 0 Å². The summed E-state index contributed by atoms with van der Waals surface area (Å²) in [5.41, 5.74) is 1.40. The number of ether oxygens (including phenoxy) is 11. The molecule has 0 aliphatic heterocycles. The molecular formula is C37H68O12. The van der Waals surface area contributed by atoms with E-state index in [1.807, 2.05) is 0 Å². The van der Waals surface area contributed by atoms with Gasteiger partial charge < -0.3 is 57.2 Å². The Morgan fingerprint density at radius 1 is 0.429 bits per heavy atom. The van der Waals surface area contributed by atoms with Crippen molar-refractivity contribution in [2.45, 2.75) is 52.4 Å². The summed E-state index contributed by atoms with van der Waals surface area (Å²) in [6.07, 6.45) is 4.95. The molecule has 0 bridgehead atoms. The van der Waals surface area contributed by atoms with Gasteiger partial charge in [0, 0.05) is 0 Å². The zero-order valence-corrected chi connectivity index (χ0v) is 30.8. The second kappa shape index (κ2) is 36.4. The fourth-order valence-electron chi connectivity index (χ4n) is 4.50. The molecule has 288 valence electrons. The molecule has 1 aromatic carbocycles. The third-order valence-electron chi connectivity index (χ3n) is 7.63. The van der Waals surface area contributed by atoms with Crippen LogP contribution in [0, 0.1) is 5.92 Å². The Balaban J connectivity index is 1.75. The largest absolute Gasteiger partial charge is 0.491 e. The van der Waals surface area contributed by atoms with Gasteiger partial charge in [0.05, 0.1) is 139 Å². The second-order valence-corrected chi connectivity index (χ2v) is 11.5. The van der Waals surface area contributed by atoms with Crippen molar-refractivity contribution in [3.63, 3.8) is 0 Å². The highest BCUT2D eigenvalue weighted by Gasteiger charge is 2.11. The molecule has 2 unspecified atom stereocenters. The topological polar surface area (TPSA) is 122 Å². The molecule has 0 saturated carbocycles. The molecule has 0 aromatic heterocycles. The summed E-state index contributed by atoms with van der Waals surface area (Å²) in [4.78, 5) is 0. The molecule has 0 heterocycles. The van der Waals surface area contributed by atoms with Gasteiger partial charge in [-0.15, -0.1) is 0 Å². The van der Waals surface area contributed by atoms with E-state index in [0.29, 0.717) is 145 Å². The molecule has 12 heteroatoms. The zero-order valence-electron chi connectivity index (χ0n) is 30.8. The van der Waals surface area contributed by atoms with Crippen LogP contribution < -0.4 is 4.74 Å². The van der Waals surface area contributed by atoms with Crippen LogP contribution in [0.5, 0.6) is 5.75 Å². The summed E-state index contributed by atoms with van der Waals surface area (Å²) in [6, 6.07) is 8.56. The molecule has 49 heavy (non-hydrogen) atoms. The van der Waals surface area contributed by atoms with Crippen LogP contribution >= 0.6 is 0 Å². The lowest BCUT2D eigenvalue weighted by Crippen LogP contribution is -2.15. The lowest BCUT2D eigenvalue weighted by Gasteiger charge is -2.18. The van der Waals surface area contributed by atoms with Crippen molar-refractivity contribution in [1.29, 1.82) is 0 Å². The minimum Gasteiger partial charge on any atom is -0.491 e. The molecule has 0 aliphatic carbocycles. The number of hydrogen-bond acceptors (Lipinski definition) is 12. The van der Waals surface area contributed by atoms with Gasteiger partial charge in [-0.1, -0.05) is 45.7 Å². The third-order valence-corrected chi connectivity index (χ3v) is 7.63. The van der Waals surface area contributed by atoms with Gasteiger partial charge >= 0.3 is 0 Å². The fourth-order valence-corrected chi connectivity index (χ4v) is 4.50. The third kappa shape index (κ3) is 30.0. The van der Waals surface area contributed by atoms with E-state index < -0.39 is 0 Å². The fraction of sp³-hybridized carbons (Fsp3) is 0.838. The van der Waals surface area contributed by atoms with E-state index >= 15 is 0 Å². The van der Waals surface area contributed by atoms with Gasteiger partial charge in [0.1, 0.15) is 12.4 Å². The average molecular weight is 705 g/mol. The van der Waals surface area contributed by atoms with Crippen molar-refractivity contribution in [3.05, 3.63) is 29.8 Å². The molecular weight excluding hydrogens is 636 g/mol. The first-order valence-corrected chi connectivity index (χ1v) is 18.3. The van der Waals surface area contributed by atoms with Gasteiger partial charge in [0.25, 0.3) is 0 Å². The molecule has 1 aromatic rings. The first-order valence-electron chi connectivity index (χ1n) is 18.3. The van der Waals surface area contributed by atoms with Crippen molar-refractivity contribution >= 4 is 0 Å². The zero-order chi connectivity index (χ0) is 35.3. The van der Waals surface area contributed by atoms with E-state index in [2.05, 4.69) is 45.0 Å². The second-order valence-electron chi connectivity index (χ2n) is 11.5. The predicted octanol–water partition coefficient (Wildman–Crippen LogP) is 4.54. The van der Waals surface area contributed by atoms with Crippen LogP contribution in [-0.2, 0) is 47.4 Å². The standard InChI is InChI=1S/C37H68O12/c1-4-34(3)6-7-35(5-2)36-8-10-37(11-9-36)49-33-32-48-31-30-47-29-28-46-27-26-45-25-24-44-23-22-43-21-20-42-19-18-41-17-16-40-15-14-39-13-12-38/h8-11,34-35,38H,4-7,12-33H2,1-3H3. The molecule has 0 radical (unpaired) electrons. The smallest absolute Gasteiger partial charge is 0.119 e. The number of aliphatic hydroxyl groups excluding tert-OH is 1. The van der Waals surface area contributed by atoms with E-state index in [-0.39, 0.29) is 6.61 Å². The molecule has 0 fully saturated rings. The van der Waals surface area contributed by atoms with Crippen molar-refractivity contribution in [2.24, 2.45) is 5.92 Å². The first-order chi connectivity index (χ1) is 24.2. The lowest BCUT2D eigenvalue weighted by atomic mass is 9.88. The van der Waals surface area contributed by atoms with Crippen LogP contribution in [0.3, 0.4) is 0 Å². The monoisotopic (exact) mass is 704 g/mol. The lowest BCUT2D eigenvalue weighted by molar-refractivity contribution is -0.0270. The van der Waals surface area contributed by atoms with Crippen molar-refractivity contribution in [3.8, 4) is 5.75 Å². The Hall–Kier alpha value is -1.42. The highest BCUT2D eigenvalue weighted by molar-refractivity contribution is 5.29. The minimum atomic E-state index is 0.0263. The maximum absolute atomic E-state index is 8.59. The van der Waals surface area contributed by atoms with E-state index in [0.717, 1.165) is 11.7 Å². The van der Waals surface area contributed by atoms with Crippen LogP contribution in [0.25, 0.3) is 0 Å². The number of aliphatic hydroxyl groups is 1. The molecule has 12 nitrogen and oxygen atoms in total. The molecule has 0 spiro atoms. The summed E-state index contributed by atoms with van der Waals surface area (Å²) in [5.74, 6) is 2.30. The number of rotatable bonds is 39. The van der Waals surface area contributed by atoms with Gasteiger partial charge in [-0.25, -0.2) is 0 Å². The Kier molecular flexibility index (Phi) is 33.9. The molecule has 1 rings (SSSR count). The summed E-state index contributed by atoms with van der Waals surface area (Å²) < 4.78 is 60.3. The quantitative estimate of drug-likeness (QED) is 0.0969. The van der Waals surface area contributed by atoms with Gasteiger partial charge in [0.2, 0.25) is 0 Å². The van der Waals surface area contributed by atoms with Crippen molar-refractivity contribution < 1.29 is 57.2 Å². The summed E-state index contributed by atoms with van der Waals surface area (Å²) >= 11 is 0. The molecule has 0 saturated heterocycles. The Morgan fingerprint density at radius 3 is 1.06 bits per heavy atom. The predicted molar refractivity (Wildman–Crippen MR) is 189 cm³/mol. The van der Waals surface area contributed by atoms with Crippen molar-refractivity contribution in [1.82, 2.24) is 0 Å². The van der Waals surface area contributed by atoms with E-state index in [4.69, 9.17) is 57.2 Å². The van der Waals surface area contributed by atoms with Crippen LogP contribution in [0.15, 0.2) is 24.3 Å². The number of benzene rings is 1. The van der Waals surface area contributed by atoms with Gasteiger partial charge in [-0.3, -0.25) is 0 Å². The Morgan fingerprint density at radius 2 is 0.755 bits per heavy atom. The average Bonchev–Trinajstić information content (AvgIpc) is 3.12.